The van der Waals surface area contributed by atoms with Gasteiger partial charge in [0.15, 0.2) is 0 Å². The number of nitrogens with one attached hydrogen (secondary N) is 1. The fraction of sp³-hybridized carbons (Fsp3) is 0.923. The number of nitrogens with zero attached hydrogens (tertiary/aromatic N) is 1. The average molecular weight is 226 g/mol. The summed E-state index contributed by atoms with van der Waals surface area (Å²) in [6.45, 7) is 9.20. The van der Waals surface area contributed by atoms with E-state index >= 15 is 0 Å². The number of piperidine rings is 1. The van der Waals surface area contributed by atoms with Crippen molar-refractivity contribution in [2.24, 2.45) is 5.92 Å². The van der Waals surface area contributed by atoms with E-state index in [0.29, 0.717) is 11.9 Å². The molecular weight excluding hydrogens is 200 g/mol. The van der Waals surface area contributed by atoms with E-state index in [1.165, 1.54) is 0 Å². The fourth-order valence-electron chi connectivity index (χ4n) is 2.39. The molecule has 0 aliphatic carbocycles. The largest absolute Gasteiger partial charge is 0.343 e. The summed E-state index contributed by atoms with van der Waals surface area (Å²) in [7, 11) is 0. The molecule has 1 fully saturated rings. The van der Waals surface area contributed by atoms with Gasteiger partial charge in [-0.25, -0.2) is 0 Å². The summed E-state index contributed by atoms with van der Waals surface area (Å²) in [6, 6.07) is 0.493. The van der Waals surface area contributed by atoms with E-state index in [2.05, 4.69) is 26.1 Å². The van der Waals surface area contributed by atoms with Gasteiger partial charge in [0.1, 0.15) is 0 Å². The molecule has 3 nitrogen and oxygen atoms in total. The van der Waals surface area contributed by atoms with Gasteiger partial charge >= 0.3 is 0 Å². The van der Waals surface area contributed by atoms with Gasteiger partial charge in [0, 0.05) is 25.0 Å². The second kappa shape index (κ2) is 6.89. The molecule has 0 bridgehead atoms. The van der Waals surface area contributed by atoms with Gasteiger partial charge in [-0.2, -0.15) is 0 Å². The van der Waals surface area contributed by atoms with E-state index in [-0.39, 0.29) is 5.92 Å². The van der Waals surface area contributed by atoms with E-state index in [4.69, 9.17) is 0 Å². The summed E-state index contributed by atoms with van der Waals surface area (Å²) in [4.78, 5) is 14.3. The van der Waals surface area contributed by atoms with Crippen molar-refractivity contribution in [2.75, 3.05) is 19.6 Å². The van der Waals surface area contributed by atoms with Crippen molar-refractivity contribution in [3.8, 4) is 0 Å². The highest BCUT2D eigenvalue weighted by Crippen LogP contribution is 2.19. The van der Waals surface area contributed by atoms with Crippen LogP contribution in [0.5, 0.6) is 0 Å². The fourth-order valence-corrected chi connectivity index (χ4v) is 2.39. The van der Waals surface area contributed by atoms with Gasteiger partial charge in [-0.3, -0.25) is 4.79 Å². The second-order valence-electron chi connectivity index (χ2n) is 4.85. The van der Waals surface area contributed by atoms with Crippen LogP contribution in [0.2, 0.25) is 0 Å². The Balaban J connectivity index is 2.46. The predicted octanol–water partition coefficient (Wildman–Crippen LogP) is 2.02. The van der Waals surface area contributed by atoms with Crippen LogP contribution in [-0.2, 0) is 4.79 Å². The predicted molar refractivity (Wildman–Crippen MR) is 67.4 cm³/mol. The Morgan fingerprint density at radius 2 is 2.19 bits per heavy atom. The Morgan fingerprint density at radius 3 is 2.75 bits per heavy atom. The Labute approximate surface area is 99.6 Å². The molecular formula is C13H26N2O. The highest BCUT2D eigenvalue weighted by molar-refractivity contribution is 5.79. The maximum Gasteiger partial charge on any atom is 0.225 e. The molecule has 1 rings (SSSR count). The van der Waals surface area contributed by atoms with E-state index in [0.717, 1.165) is 45.3 Å². The second-order valence-corrected chi connectivity index (χ2v) is 4.85. The molecule has 0 aromatic heterocycles. The zero-order valence-electron chi connectivity index (χ0n) is 11.0. The first kappa shape index (κ1) is 13.5. The van der Waals surface area contributed by atoms with E-state index in [9.17, 15) is 4.79 Å². The summed E-state index contributed by atoms with van der Waals surface area (Å²) in [5, 5.41) is 3.40. The van der Waals surface area contributed by atoms with Crippen molar-refractivity contribution in [1.29, 1.82) is 0 Å². The summed E-state index contributed by atoms with van der Waals surface area (Å²) < 4.78 is 0. The smallest absolute Gasteiger partial charge is 0.225 e. The van der Waals surface area contributed by atoms with Crippen LogP contribution in [0.25, 0.3) is 0 Å². The number of carbonyl (C=O) groups is 1. The molecule has 2 atom stereocenters. The number of unbranched alkanes of at least 4 members (excludes halogenated alkanes) is 1. The van der Waals surface area contributed by atoms with Gasteiger partial charge < -0.3 is 10.2 Å². The minimum absolute atomic E-state index is 0.257. The summed E-state index contributed by atoms with van der Waals surface area (Å²) in [5.74, 6) is 0.636. The molecule has 16 heavy (non-hydrogen) atoms. The monoisotopic (exact) mass is 226 g/mol. The maximum atomic E-state index is 12.3. The van der Waals surface area contributed by atoms with Crippen LogP contribution in [0.3, 0.4) is 0 Å². The van der Waals surface area contributed by atoms with Crippen molar-refractivity contribution >= 4 is 5.91 Å². The van der Waals surface area contributed by atoms with Crippen molar-refractivity contribution in [3.05, 3.63) is 0 Å². The molecule has 1 saturated heterocycles. The average Bonchev–Trinajstić information content (AvgIpc) is 2.29. The van der Waals surface area contributed by atoms with Crippen molar-refractivity contribution in [3.63, 3.8) is 0 Å². The molecule has 1 heterocycles. The van der Waals surface area contributed by atoms with Crippen molar-refractivity contribution in [2.45, 2.75) is 52.5 Å². The molecule has 1 aliphatic heterocycles. The molecule has 3 heteroatoms. The van der Waals surface area contributed by atoms with Gasteiger partial charge in [-0.05, 0) is 39.7 Å². The van der Waals surface area contributed by atoms with Gasteiger partial charge in [0.25, 0.3) is 0 Å². The number of hydrogen-bond donors (Lipinski definition) is 1. The van der Waals surface area contributed by atoms with Crippen LogP contribution in [0.4, 0.5) is 0 Å². The molecule has 1 amide bonds. The summed E-state index contributed by atoms with van der Waals surface area (Å²) in [6.07, 6.45) is 4.29. The first-order valence-electron chi connectivity index (χ1n) is 6.71. The lowest BCUT2D eigenvalue weighted by molar-refractivity contribution is -0.136. The molecule has 0 unspecified atom stereocenters. The zero-order chi connectivity index (χ0) is 12.0. The molecule has 0 aromatic carbocycles. The first-order chi connectivity index (χ1) is 7.69. The van der Waals surface area contributed by atoms with Gasteiger partial charge in [0.2, 0.25) is 5.91 Å². The van der Waals surface area contributed by atoms with E-state index < -0.39 is 0 Å². The third-order valence-corrected chi connectivity index (χ3v) is 3.45. The lowest BCUT2D eigenvalue weighted by Crippen LogP contribution is -2.44. The lowest BCUT2D eigenvalue weighted by Gasteiger charge is -2.31. The molecule has 0 saturated carbocycles. The summed E-state index contributed by atoms with van der Waals surface area (Å²) in [5.41, 5.74) is 0. The number of rotatable bonds is 5. The molecule has 0 spiro atoms. The highest BCUT2D eigenvalue weighted by atomic mass is 16.2. The van der Waals surface area contributed by atoms with Crippen molar-refractivity contribution < 1.29 is 4.79 Å². The van der Waals surface area contributed by atoms with Crippen molar-refractivity contribution in [1.82, 2.24) is 10.2 Å². The van der Waals surface area contributed by atoms with Crippen LogP contribution in [0.15, 0.2) is 0 Å². The number of amides is 1. The minimum Gasteiger partial charge on any atom is -0.343 e. The molecule has 94 valence electrons. The minimum atomic E-state index is 0.257. The molecule has 1 N–H and O–H groups in total. The molecule has 1 aliphatic rings. The van der Waals surface area contributed by atoms with Crippen LogP contribution in [0.1, 0.15) is 46.5 Å². The van der Waals surface area contributed by atoms with E-state index in [1.807, 2.05) is 4.90 Å². The van der Waals surface area contributed by atoms with Crippen LogP contribution in [-0.4, -0.2) is 36.5 Å². The van der Waals surface area contributed by atoms with Gasteiger partial charge in [-0.15, -0.1) is 0 Å². The standard InChI is InChI=1S/C13H26N2O/c1-4-6-9-15(5-2)13(16)12-7-8-14-11(3)10-12/h11-12,14H,4-10H2,1-3H3/t11-,12-/m0/s1. The summed E-state index contributed by atoms with van der Waals surface area (Å²) >= 11 is 0. The van der Waals surface area contributed by atoms with Gasteiger partial charge in [0.05, 0.1) is 0 Å². The van der Waals surface area contributed by atoms with Crippen LogP contribution in [0, 0.1) is 5.92 Å². The van der Waals surface area contributed by atoms with Gasteiger partial charge in [-0.1, -0.05) is 13.3 Å². The highest BCUT2D eigenvalue weighted by Gasteiger charge is 2.27. The lowest BCUT2D eigenvalue weighted by atomic mass is 9.92. The normalized spacial score (nSPS) is 25.4. The SMILES string of the molecule is CCCCN(CC)C(=O)[C@H]1CCN[C@@H](C)C1. The third-order valence-electron chi connectivity index (χ3n) is 3.45. The Hall–Kier alpha value is -0.570. The number of carbonyl (C=O) groups excluding carboxylic acids is 1. The topological polar surface area (TPSA) is 32.3 Å². The Morgan fingerprint density at radius 1 is 1.44 bits per heavy atom. The maximum absolute atomic E-state index is 12.3. The molecule has 0 radical (unpaired) electrons. The number of hydrogen-bond acceptors (Lipinski definition) is 2. The van der Waals surface area contributed by atoms with Crippen LogP contribution < -0.4 is 5.32 Å². The quantitative estimate of drug-likeness (QED) is 0.778. The Bertz CT molecular complexity index is 218. The zero-order valence-corrected chi connectivity index (χ0v) is 11.0. The van der Waals surface area contributed by atoms with E-state index in [1.54, 1.807) is 0 Å². The first-order valence-corrected chi connectivity index (χ1v) is 6.71. The molecule has 0 aromatic rings. The Kier molecular flexibility index (Phi) is 5.81. The third kappa shape index (κ3) is 3.78. The van der Waals surface area contributed by atoms with Crippen LogP contribution >= 0.6 is 0 Å².